The number of amides is 1. The van der Waals surface area contributed by atoms with Crippen LogP contribution in [0.4, 0.5) is 5.69 Å². The third-order valence-corrected chi connectivity index (χ3v) is 2.64. The molecule has 1 heterocycles. The Hall–Kier alpha value is -2.16. The zero-order valence-corrected chi connectivity index (χ0v) is 10.4. The summed E-state index contributed by atoms with van der Waals surface area (Å²) in [6.07, 6.45) is 5.00. The van der Waals surface area contributed by atoms with Crippen molar-refractivity contribution in [2.75, 3.05) is 5.32 Å². The second kappa shape index (κ2) is 5.96. The molecule has 0 bridgehead atoms. The van der Waals surface area contributed by atoms with Gasteiger partial charge in [0, 0.05) is 24.5 Å². The number of anilines is 1. The Bertz CT molecular complexity index is 506. The van der Waals surface area contributed by atoms with E-state index in [1.54, 1.807) is 6.20 Å². The fourth-order valence-corrected chi connectivity index (χ4v) is 1.73. The van der Waals surface area contributed by atoms with Gasteiger partial charge in [0.2, 0.25) is 5.91 Å². The predicted molar refractivity (Wildman–Crippen MR) is 73.2 cm³/mol. The molecule has 0 spiro atoms. The Morgan fingerprint density at radius 2 is 1.94 bits per heavy atom. The van der Waals surface area contributed by atoms with Crippen LogP contribution in [0, 0.1) is 0 Å². The van der Waals surface area contributed by atoms with Crippen molar-refractivity contribution in [1.82, 2.24) is 4.98 Å². The average Bonchev–Trinajstić information content (AvgIpc) is 2.41. The standard InChI is InChI=1S/C15H16N2O/c1-2-4-15(18)17-14-8-6-12(7-9-14)13-5-3-10-16-11-13/h3,5-11H,2,4H2,1H3,(H,17,18). The van der Waals surface area contributed by atoms with Crippen molar-refractivity contribution in [2.24, 2.45) is 0 Å². The second-order valence-electron chi connectivity index (χ2n) is 4.12. The Morgan fingerprint density at radius 3 is 2.56 bits per heavy atom. The summed E-state index contributed by atoms with van der Waals surface area (Å²) in [5.41, 5.74) is 3.00. The quantitative estimate of drug-likeness (QED) is 0.888. The molecule has 0 radical (unpaired) electrons. The maximum atomic E-state index is 11.4. The maximum Gasteiger partial charge on any atom is 0.224 e. The molecule has 1 aromatic heterocycles. The molecule has 0 fully saturated rings. The molecule has 0 aliphatic rings. The molecule has 0 saturated heterocycles. The van der Waals surface area contributed by atoms with Gasteiger partial charge in [-0.2, -0.15) is 0 Å². The minimum Gasteiger partial charge on any atom is -0.326 e. The van der Waals surface area contributed by atoms with E-state index in [9.17, 15) is 4.79 Å². The fraction of sp³-hybridized carbons (Fsp3) is 0.200. The SMILES string of the molecule is CCCC(=O)Nc1ccc(-c2cccnc2)cc1. The molecule has 3 heteroatoms. The number of hydrogen-bond acceptors (Lipinski definition) is 2. The Labute approximate surface area is 107 Å². The highest BCUT2D eigenvalue weighted by Crippen LogP contribution is 2.20. The normalized spacial score (nSPS) is 10.1. The average molecular weight is 240 g/mol. The lowest BCUT2D eigenvalue weighted by Gasteiger charge is -2.06. The van der Waals surface area contributed by atoms with Gasteiger partial charge in [0.1, 0.15) is 0 Å². The molecule has 2 rings (SSSR count). The van der Waals surface area contributed by atoms with E-state index >= 15 is 0 Å². The molecule has 1 aromatic carbocycles. The van der Waals surface area contributed by atoms with Gasteiger partial charge in [0.15, 0.2) is 0 Å². The molecule has 1 N–H and O–H groups in total. The van der Waals surface area contributed by atoms with Crippen LogP contribution in [0.2, 0.25) is 0 Å². The van der Waals surface area contributed by atoms with Gasteiger partial charge in [-0.25, -0.2) is 0 Å². The number of carbonyl (C=O) groups excluding carboxylic acids is 1. The summed E-state index contributed by atoms with van der Waals surface area (Å²) in [7, 11) is 0. The summed E-state index contributed by atoms with van der Waals surface area (Å²) in [6.45, 7) is 1.99. The molecule has 0 aliphatic carbocycles. The van der Waals surface area contributed by atoms with Gasteiger partial charge >= 0.3 is 0 Å². The summed E-state index contributed by atoms with van der Waals surface area (Å²) in [5, 5.41) is 2.87. The summed E-state index contributed by atoms with van der Waals surface area (Å²) in [5.74, 6) is 0.0617. The van der Waals surface area contributed by atoms with Gasteiger partial charge in [-0.15, -0.1) is 0 Å². The van der Waals surface area contributed by atoms with Crippen LogP contribution in [-0.4, -0.2) is 10.9 Å². The minimum atomic E-state index is 0.0617. The largest absolute Gasteiger partial charge is 0.326 e. The van der Waals surface area contributed by atoms with Crippen molar-refractivity contribution < 1.29 is 4.79 Å². The first-order valence-electron chi connectivity index (χ1n) is 6.10. The summed E-state index contributed by atoms with van der Waals surface area (Å²) >= 11 is 0. The third kappa shape index (κ3) is 3.17. The van der Waals surface area contributed by atoms with Crippen molar-refractivity contribution >= 4 is 11.6 Å². The second-order valence-corrected chi connectivity index (χ2v) is 4.12. The molecular weight excluding hydrogens is 224 g/mol. The highest BCUT2D eigenvalue weighted by molar-refractivity contribution is 5.90. The van der Waals surface area contributed by atoms with E-state index in [1.165, 1.54) is 0 Å². The Morgan fingerprint density at radius 1 is 1.17 bits per heavy atom. The molecule has 0 aliphatic heterocycles. The Balaban J connectivity index is 2.09. The number of hydrogen-bond donors (Lipinski definition) is 1. The molecule has 18 heavy (non-hydrogen) atoms. The summed E-state index contributed by atoms with van der Waals surface area (Å²) < 4.78 is 0. The highest BCUT2D eigenvalue weighted by Gasteiger charge is 2.01. The lowest BCUT2D eigenvalue weighted by atomic mass is 10.1. The van der Waals surface area contributed by atoms with E-state index < -0.39 is 0 Å². The molecule has 0 saturated carbocycles. The number of nitrogens with one attached hydrogen (secondary N) is 1. The smallest absolute Gasteiger partial charge is 0.224 e. The number of benzene rings is 1. The van der Waals surface area contributed by atoms with E-state index in [4.69, 9.17) is 0 Å². The summed E-state index contributed by atoms with van der Waals surface area (Å²) in [6, 6.07) is 11.7. The van der Waals surface area contributed by atoms with Crippen molar-refractivity contribution in [3.05, 3.63) is 48.8 Å². The monoisotopic (exact) mass is 240 g/mol. The summed E-state index contributed by atoms with van der Waals surface area (Å²) in [4.78, 5) is 15.5. The number of pyridine rings is 1. The molecule has 1 amide bonds. The van der Waals surface area contributed by atoms with Crippen molar-refractivity contribution in [1.29, 1.82) is 0 Å². The molecule has 2 aromatic rings. The number of carbonyl (C=O) groups is 1. The number of aromatic nitrogens is 1. The number of rotatable bonds is 4. The van der Waals surface area contributed by atoms with Crippen molar-refractivity contribution in [2.45, 2.75) is 19.8 Å². The lowest BCUT2D eigenvalue weighted by molar-refractivity contribution is -0.116. The van der Waals surface area contributed by atoms with Crippen LogP contribution in [0.1, 0.15) is 19.8 Å². The third-order valence-electron chi connectivity index (χ3n) is 2.64. The van der Waals surface area contributed by atoms with Crippen LogP contribution in [0.5, 0.6) is 0 Å². The molecule has 92 valence electrons. The predicted octanol–water partition coefficient (Wildman–Crippen LogP) is 3.49. The zero-order chi connectivity index (χ0) is 12.8. The first kappa shape index (κ1) is 12.3. The highest BCUT2D eigenvalue weighted by atomic mass is 16.1. The van der Waals surface area contributed by atoms with Crippen molar-refractivity contribution in [3.8, 4) is 11.1 Å². The zero-order valence-electron chi connectivity index (χ0n) is 10.4. The van der Waals surface area contributed by atoms with E-state index in [0.717, 1.165) is 23.2 Å². The maximum absolute atomic E-state index is 11.4. The molecule has 3 nitrogen and oxygen atoms in total. The van der Waals surface area contributed by atoms with Crippen LogP contribution < -0.4 is 5.32 Å². The molecule has 0 atom stereocenters. The Kier molecular flexibility index (Phi) is 4.07. The van der Waals surface area contributed by atoms with E-state index in [0.29, 0.717) is 6.42 Å². The van der Waals surface area contributed by atoms with Gasteiger partial charge < -0.3 is 5.32 Å². The van der Waals surface area contributed by atoms with Crippen LogP contribution in [0.3, 0.4) is 0 Å². The first-order valence-corrected chi connectivity index (χ1v) is 6.10. The van der Waals surface area contributed by atoms with Gasteiger partial charge in [-0.3, -0.25) is 9.78 Å². The van der Waals surface area contributed by atoms with Crippen molar-refractivity contribution in [3.63, 3.8) is 0 Å². The van der Waals surface area contributed by atoms with E-state index in [1.807, 2.05) is 49.5 Å². The van der Waals surface area contributed by atoms with Crippen LogP contribution in [-0.2, 0) is 4.79 Å². The van der Waals surface area contributed by atoms with Gasteiger partial charge in [-0.05, 0) is 35.7 Å². The van der Waals surface area contributed by atoms with Gasteiger partial charge in [-0.1, -0.05) is 25.1 Å². The van der Waals surface area contributed by atoms with E-state index in [2.05, 4.69) is 10.3 Å². The molecule has 0 unspecified atom stereocenters. The van der Waals surface area contributed by atoms with Gasteiger partial charge in [0.05, 0.1) is 0 Å². The lowest BCUT2D eigenvalue weighted by Crippen LogP contribution is -2.10. The van der Waals surface area contributed by atoms with Crippen LogP contribution >= 0.6 is 0 Å². The van der Waals surface area contributed by atoms with Gasteiger partial charge in [0.25, 0.3) is 0 Å². The van der Waals surface area contributed by atoms with Crippen LogP contribution in [0.15, 0.2) is 48.8 Å². The molecular formula is C15H16N2O. The van der Waals surface area contributed by atoms with Crippen LogP contribution in [0.25, 0.3) is 11.1 Å². The number of nitrogens with zero attached hydrogens (tertiary/aromatic N) is 1. The van der Waals surface area contributed by atoms with E-state index in [-0.39, 0.29) is 5.91 Å². The topological polar surface area (TPSA) is 42.0 Å². The minimum absolute atomic E-state index is 0.0617. The first-order chi connectivity index (χ1) is 8.79. The fourth-order valence-electron chi connectivity index (χ4n) is 1.73.